The van der Waals surface area contributed by atoms with Gasteiger partial charge in [-0.1, -0.05) is 22.0 Å². The third-order valence-corrected chi connectivity index (χ3v) is 2.82. The number of alkyl halides is 3. The lowest BCUT2D eigenvalue weighted by Gasteiger charge is -2.19. The number of amides is 2. The molecular formula is C12H12BrF3N2O2. The average Bonchev–Trinajstić information content (AvgIpc) is 2.33. The molecule has 1 aromatic rings. The van der Waals surface area contributed by atoms with Gasteiger partial charge >= 0.3 is 6.18 Å². The molecule has 110 valence electrons. The first-order valence-corrected chi connectivity index (χ1v) is 6.33. The van der Waals surface area contributed by atoms with Crippen molar-refractivity contribution in [1.29, 1.82) is 0 Å². The van der Waals surface area contributed by atoms with Crippen molar-refractivity contribution in [3.05, 3.63) is 34.3 Å². The Morgan fingerprint density at radius 3 is 2.55 bits per heavy atom. The van der Waals surface area contributed by atoms with Gasteiger partial charge in [-0.3, -0.25) is 9.59 Å². The average molecular weight is 353 g/mol. The minimum Gasteiger partial charge on any atom is -0.343 e. The molecule has 0 heterocycles. The normalized spacial score (nSPS) is 11.1. The topological polar surface area (TPSA) is 49.4 Å². The third kappa shape index (κ3) is 5.60. The van der Waals surface area contributed by atoms with Gasteiger partial charge in [0, 0.05) is 17.1 Å². The molecule has 8 heteroatoms. The summed E-state index contributed by atoms with van der Waals surface area (Å²) in [6.07, 6.45) is -4.46. The van der Waals surface area contributed by atoms with Crippen LogP contribution in [0.15, 0.2) is 28.7 Å². The molecule has 0 bridgehead atoms. The Morgan fingerprint density at radius 1 is 1.35 bits per heavy atom. The van der Waals surface area contributed by atoms with E-state index in [1.807, 2.05) is 0 Å². The van der Waals surface area contributed by atoms with Gasteiger partial charge < -0.3 is 10.2 Å². The quantitative estimate of drug-likeness (QED) is 0.902. The maximum Gasteiger partial charge on any atom is 0.406 e. The molecule has 1 N–H and O–H groups in total. The van der Waals surface area contributed by atoms with Gasteiger partial charge in [-0.2, -0.15) is 13.2 Å². The maximum absolute atomic E-state index is 12.1. The molecule has 0 aliphatic heterocycles. The zero-order valence-corrected chi connectivity index (χ0v) is 12.1. The molecule has 1 aromatic carbocycles. The predicted octanol–water partition coefficient (Wildman–Crippen LogP) is 2.20. The highest BCUT2D eigenvalue weighted by Crippen LogP contribution is 2.15. The second-order valence-electron chi connectivity index (χ2n) is 4.06. The second kappa shape index (κ2) is 6.74. The molecule has 0 saturated heterocycles. The highest BCUT2D eigenvalue weighted by Gasteiger charge is 2.31. The van der Waals surface area contributed by atoms with E-state index in [1.54, 1.807) is 18.2 Å². The van der Waals surface area contributed by atoms with E-state index in [-0.39, 0.29) is 0 Å². The van der Waals surface area contributed by atoms with Crippen LogP contribution >= 0.6 is 15.9 Å². The molecule has 20 heavy (non-hydrogen) atoms. The summed E-state index contributed by atoms with van der Waals surface area (Å²) < 4.78 is 37.0. The standard InChI is InChI=1S/C12H12BrF3N2O2/c1-18(7-12(14,15)16)10(19)6-17-11(20)8-3-2-4-9(13)5-8/h2-5H,6-7H2,1H3,(H,17,20). The second-order valence-corrected chi connectivity index (χ2v) is 4.97. The Bertz CT molecular complexity index is 506. The molecular weight excluding hydrogens is 341 g/mol. The van der Waals surface area contributed by atoms with Gasteiger partial charge in [-0.25, -0.2) is 0 Å². The van der Waals surface area contributed by atoms with Crippen molar-refractivity contribution < 1.29 is 22.8 Å². The Balaban J connectivity index is 2.51. The maximum atomic E-state index is 12.1. The number of carbonyl (C=O) groups excluding carboxylic acids is 2. The van der Waals surface area contributed by atoms with Gasteiger partial charge in [0.05, 0.1) is 6.54 Å². The van der Waals surface area contributed by atoms with Gasteiger partial charge in [-0.15, -0.1) is 0 Å². The lowest BCUT2D eigenvalue weighted by Crippen LogP contribution is -2.42. The molecule has 0 unspecified atom stereocenters. The fourth-order valence-electron chi connectivity index (χ4n) is 1.38. The zero-order valence-electron chi connectivity index (χ0n) is 10.5. The van der Waals surface area contributed by atoms with Gasteiger partial charge in [0.15, 0.2) is 0 Å². The van der Waals surface area contributed by atoms with Crippen LogP contribution in [0.2, 0.25) is 0 Å². The summed E-state index contributed by atoms with van der Waals surface area (Å²) in [7, 11) is 1.03. The van der Waals surface area contributed by atoms with Crippen molar-refractivity contribution in [2.24, 2.45) is 0 Å². The van der Waals surface area contributed by atoms with E-state index in [0.717, 1.165) is 7.05 Å². The first-order valence-electron chi connectivity index (χ1n) is 5.53. The highest BCUT2D eigenvalue weighted by molar-refractivity contribution is 9.10. The lowest BCUT2D eigenvalue weighted by atomic mass is 10.2. The van der Waals surface area contributed by atoms with Crippen molar-refractivity contribution in [2.75, 3.05) is 20.1 Å². The van der Waals surface area contributed by atoms with Crippen LogP contribution in [-0.4, -0.2) is 43.0 Å². The molecule has 0 aliphatic carbocycles. The summed E-state index contributed by atoms with van der Waals surface area (Å²) in [4.78, 5) is 23.6. The summed E-state index contributed by atoms with van der Waals surface area (Å²) in [5.41, 5.74) is 0.311. The van der Waals surface area contributed by atoms with Gasteiger partial charge in [0.2, 0.25) is 5.91 Å². The number of nitrogens with zero attached hydrogens (tertiary/aromatic N) is 1. The van der Waals surface area contributed by atoms with Gasteiger partial charge in [0.25, 0.3) is 5.91 Å². The van der Waals surface area contributed by atoms with Crippen molar-refractivity contribution in [1.82, 2.24) is 10.2 Å². The minimum absolute atomic E-state index is 0.311. The summed E-state index contributed by atoms with van der Waals surface area (Å²) >= 11 is 3.19. The molecule has 0 radical (unpaired) electrons. The Kier molecular flexibility index (Phi) is 5.55. The number of likely N-dealkylation sites (N-methyl/N-ethyl adjacent to an activating group) is 1. The van der Waals surface area contributed by atoms with Crippen LogP contribution < -0.4 is 5.32 Å². The first-order chi connectivity index (χ1) is 9.19. The van der Waals surface area contributed by atoms with Crippen LogP contribution in [-0.2, 0) is 4.79 Å². The molecule has 0 spiro atoms. The molecule has 4 nitrogen and oxygen atoms in total. The summed E-state index contributed by atoms with van der Waals surface area (Å²) in [5.74, 6) is -1.34. The van der Waals surface area contributed by atoms with E-state index >= 15 is 0 Å². The van der Waals surface area contributed by atoms with E-state index in [4.69, 9.17) is 0 Å². The Hall–Kier alpha value is -1.57. The summed E-state index contributed by atoms with van der Waals surface area (Å²) in [6, 6.07) is 6.43. The van der Waals surface area contributed by atoms with E-state index in [9.17, 15) is 22.8 Å². The van der Waals surface area contributed by atoms with Crippen LogP contribution in [0.3, 0.4) is 0 Å². The number of hydrogen-bond donors (Lipinski definition) is 1. The number of benzene rings is 1. The lowest BCUT2D eigenvalue weighted by molar-refractivity contribution is -0.157. The number of hydrogen-bond acceptors (Lipinski definition) is 2. The summed E-state index contributed by atoms with van der Waals surface area (Å²) in [6.45, 7) is -1.84. The van der Waals surface area contributed by atoms with E-state index in [2.05, 4.69) is 21.2 Å². The van der Waals surface area contributed by atoms with Crippen LogP contribution in [0.25, 0.3) is 0 Å². The van der Waals surface area contributed by atoms with Crippen molar-refractivity contribution >= 4 is 27.7 Å². The van der Waals surface area contributed by atoms with E-state index in [1.165, 1.54) is 6.07 Å². The van der Waals surface area contributed by atoms with Gasteiger partial charge in [0.1, 0.15) is 6.54 Å². The molecule has 0 atom stereocenters. The summed E-state index contributed by atoms with van der Waals surface area (Å²) in [5, 5.41) is 2.27. The van der Waals surface area contributed by atoms with Crippen molar-refractivity contribution in [3.8, 4) is 0 Å². The van der Waals surface area contributed by atoms with Crippen molar-refractivity contribution in [3.63, 3.8) is 0 Å². The molecule has 1 rings (SSSR count). The monoisotopic (exact) mass is 352 g/mol. The Labute approximate surface area is 122 Å². The largest absolute Gasteiger partial charge is 0.406 e. The van der Waals surface area contributed by atoms with E-state index < -0.39 is 31.1 Å². The van der Waals surface area contributed by atoms with Crippen LogP contribution in [0, 0.1) is 0 Å². The fraction of sp³-hybridized carbons (Fsp3) is 0.333. The van der Waals surface area contributed by atoms with Gasteiger partial charge in [-0.05, 0) is 18.2 Å². The number of nitrogens with one attached hydrogen (secondary N) is 1. The SMILES string of the molecule is CN(CC(F)(F)F)C(=O)CNC(=O)c1cccc(Br)c1. The molecule has 0 fully saturated rings. The number of carbonyl (C=O) groups is 2. The number of rotatable bonds is 4. The fourth-order valence-corrected chi connectivity index (χ4v) is 1.78. The third-order valence-electron chi connectivity index (χ3n) is 2.33. The van der Waals surface area contributed by atoms with Crippen molar-refractivity contribution in [2.45, 2.75) is 6.18 Å². The molecule has 2 amide bonds. The predicted molar refractivity (Wildman–Crippen MR) is 70.2 cm³/mol. The minimum atomic E-state index is -4.46. The molecule has 0 aromatic heterocycles. The van der Waals surface area contributed by atoms with E-state index in [0.29, 0.717) is 14.9 Å². The Morgan fingerprint density at radius 2 is 2.00 bits per heavy atom. The smallest absolute Gasteiger partial charge is 0.343 e. The first kappa shape index (κ1) is 16.5. The zero-order chi connectivity index (χ0) is 15.3. The molecule has 0 saturated carbocycles. The van der Waals surface area contributed by atoms with Crippen LogP contribution in [0.4, 0.5) is 13.2 Å². The van der Waals surface area contributed by atoms with Crippen LogP contribution in [0.5, 0.6) is 0 Å². The number of halogens is 4. The highest BCUT2D eigenvalue weighted by atomic mass is 79.9. The molecule has 0 aliphatic rings. The van der Waals surface area contributed by atoms with Crippen LogP contribution in [0.1, 0.15) is 10.4 Å².